The second kappa shape index (κ2) is 6.90. The summed E-state index contributed by atoms with van der Waals surface area (Å²) in [4.78, 5) is 6.39. The quantitative estimate of drug-likeness (QED) is 0.832. The summed E-state index contributed by atoms with van der Waals surface area (Å²) >= 11 is 0. The summed E-state index contributed by atoms with van der Waals surface area (Å²) in [7, 11) is 2.01. The molecule has 0 bridgehead atoms. The Morgan fingerprint density at radius 2 is 2.20 bits per heavy atom. The minimum absolute atomic E-state index is 0.619. The lowest BCUT2D eigenvalue weighted by atomic mass is 9.94. The van der Waals surface area contributed by atoms with Crippen molar-refractivity contribution in [1.82, 2.24) is 4.98 Å². The van der Waals surface area contributed by atoms with Gasteiger partial charge >= 0.3 is 0 Å². The highest BCUT2D eigenvalue weighted by atomic mass is 16.5. The Hall–Kier alpha value is -1.33. The van der Waals surface area contributed by atoms with Crippen LogP contribution >= 0.6 is 0 Å². The molecule has 1 aliphatic heterocycles. The van der Waals surface area contributed by atoms with Crippen LogP contribution in [0.5, 0.6) is 0 Å². The molecule has 2 rings (SSSR count). The van der Waals surface area contributed by atoms with Gasteiger partial charge in [0.15, 0.2) is 0 Å². The van der Waals surface area contributed by atoms with Gasteiger partial charge in [0.2, 0.25) is 0 Å². The van der Waals surface area contributed by atoms with Gasteiger partial charge in [-0.3, -0.25) is 0 Å². The first-order valence-corrected chi connectivity index (χ1v) is 7.34. The predicted molar refractivity (Wildman–Crippen MR) is 81.3 cm³/mol. The number of rotatable bonds is 6. The van der Waals surface area contributed by atoms with E-state index in [1.807, 2.05) is 19.2 Å². The van der Waals surface area contributed by atoms with Gasteiger partial charge in [0.1, 0.15) is 5.82 Å². The second-order valence-electron chi connectivity index (χ2n) is 5.52. The largest absolute Gasteiger partial charge is 0.388 e. The molecule has 5 nitrogen and oxygen atoms in total. The molecule has 0 spiro atoms. The zero-order valence-corrected chi connectivity index (χ0v) is 12.4. The Kier molecular flexibility index (Phi) is 5.20. The third kappa shape index (κ3) is 4.08. The number of hydrogen-bond acceptors (Lipinski definition) is 5. The highest BCUT2D eigenvalue weighted by molar-refractivity contribution is 5.53. The van der Waals surface area contributed by atoms with Gasteiger partial charge in [0.25, 0.3) is 0 Å². The average molecular weight is 279 g/mol. The van der Waals surface area contributed by atoms with E-state index >= 15 is 0 Å². The van der Waals surface area contributed by atoms with Crippen molar-refractivity contribution in [1.29, 1.82) is 0 Å². The minimum atomic E-state index is -0.646. The Morgan fingerprint density at radius 3 is 2.90 bits per heavy atom. The minimum Gasteiger partial charge on any atom is -0.388 e. The summed E-state index contributed by atoms with van der Waals surface area (Å²) in [5, 5.41) is 13.8. The molecule has 0 amide bonds. The Balaban J connectivity index is 1.99. The first kappa shape index (κ1) is 15.1. The lowest BCUT2D eigenvalue weighted by Gasteiger charge is -2.36. The molecule has 0 saturated carbocycles. The molecule has 112 valence electrons. The van der Waals surface area contributed by atoms with Crippen LogP contribution in [0.15, 0.2) is 18.3 Å². The van der Waals surface area contributed by atoms with E-state index in [2.05, 4.69) is 22.1 Å². The number of ether oxygens (including phenoxy) is 1. The molecular formula is C15H25N3O2. The third-order valence-electron chi connectivity index (χ3n) is 3.70. The number of anilines is 2. The van der Waals surface area contributed by atoms with Crippen molar-refractivity contribution in [2.45, 2.75) is 31.8 Å². The van der Waals surface area contributed by atoms with Crippen molar-refractivity contribution in [3.8, 4) is 0 Å². The summed E-state index contributed by atoms with van der Waals surface area (Å²) in [6.07, 6.45) is 4.27. The second-order valence-corrected chi connectivity index (χ2v) is 5.52. The molecule has 0 radical (unpaired) electrons. The van der Waals surface area contributed by atoms with Gasteiger partial charge in [0, 0.05) is 64.1 Å². The first-order chi connectivity index (χ1) is 9.63. The van der Waals surface area contributed by atoms with Gasteiger partial charge in [-0.2, -0.15) is 0 Å². The Labute approximate surface area is 121 Å². The van der Waals surface area contributed by atoms with Crippen LogP contribution in [0.3, 0.4) is 0 Å². The van der Waals surface area contributed by atoms with Crippen LogP contribution in [0.25, 0.3) is 0 Å². The molecule has 20 heavy (non-hydrogen) atoms. The monoisotopic (exact) mass is 279 g/mol. The van der Waals surface area contributed by atoms with Crippen molar-refractivity contribution in [3.63, 3.8) is 0 Å². The Morgan fingerprint density at radius 1 is 1.45 bits per heavy atom. The molecule has 5 heteroatoms. The van der Waals surface area contributed by atoms with E-state index in [0.29, 0.717) is 32.6 Å². The van der Waals surface area contributed by atoms with Crippen LogP contribution in [-0.2, 0) is 4.74 Å². The molecular weight excluding hydrogens is 254 g/mol. The van der Waals surface area contributed by atoms with Crippen molar-refractivity contribution < 1.29 is 9.84 Å². The topological polar surface area (TPSA) is 57.6 Å². The molecule has 0 atom stereocenters. The van der Waals surface area contributed by atoms with Crippen LogP contribution in [0, 0.1) is 0 Å². The lowest BCUT2D eigenvalue weighted by molar-refractivity contribution is -0.0572. The number of aromatic nitrogens is 1. The number of nitrogens with zero attached hydrogens (tertiary/aromatic N) is 2. The molecule has 1 aromatic rings. The molecule has 0 unspecified atom stereocenters. The van der Waals surface area contributed by atoms with E-state index in [9.17, 15) is 5.11 Å². The maximum Gasteiger partial charge on any atom is 0.127 e. The molecule has 1 fully saturated rings. The van der Waals surface area contributed by atoms with Gasteiger partial charge in [-0.15, -0.1) is 0 Å². The van der Waals surface area contributed by atoms with Gasteiger partial charge in [-0.05, 0) is 12.5 Å². The van der Waals surface area contributed by atoms with E-state index < -0.39 is 5.60 Å². The van der Waals surface area contributed by atoms with Crippen LogP contribution in [-0.4, -0.2) is 49.0 Å². The molecule has 0 aromatic carbocycles. The average Bonchev–Trinajstić information content (AvgIpc) is 2.45. The van der Waals surface area contributed by atoms with Crippen molar-refractivity contribution in [3.05, 3.63) is 18.3 Å². The van der Waals surface area contributed by atoms with Gasteiger partial charge in [-0.1, -0.05) is 6.92 Å². The highest BCUT2D eigenvalue weighted by Gasteiger charge is 2.31. The maximum atomic E-state index is 10.6. The molecule has 2 heterocycles. The van der Waals surface area contributed by atoms with Gasteiger partial charge in [0.05, 0.1) is 5.60 Å². The normalized spacial score (nSPS) is 17.8. The highest BCUT2D eigenvalue weighted by Crippen LogP contribution is 2.24. The van der Waals surface area contributed by atoms with E-state index in [4.69, 9.17) is 4.74 Å². The summed E-state index contributed by atoms with van der Waals surface area (Å²) < 4.78 is 5.32. The summed E-state index contributed by atoms with van der Waals surface area (Å²) in [6.45, 7) is 4.95. The zero-order valence-electron chi connectivity index (χ0n) is 12.4. The first-order valence-electron chi connectivity index (χ1n) is 7.34. The lowest BCUT2D eigenvalue weighted by Crippen LogP contribution is -2.45. The fraction of sp³-hybridized carbons (Fsp3) is 0.667. The van der Waals surface area contributed by atoms with Gasteiger partial charge < -0.3 is 20.1 Å². The standard InChI is InChI=1S/C15H25N3O2/c1-3-7-16-14-11-13(4-8-17-14)18(2)12-15(19)5-9-20-10-6-15/h4,8,11,19H,3,5-7,9-10,12H2,1-2H3,(H,16,17). The zero-order chi connectivity index (χ0) is 14.4. The smallest absolute Gasteiger partial charge is 0.127 e. The fourth-order valence-electron chi connectivity index (χ4n) is 2.45. The van der Waals surface area contributed by atoms with Crippen LogP contribution in [0.2, 0.25) is 0 Å². The predicted octanol–water partition coefficient (Wildman–Crippen LogP) is 1.88. The van der Waals surface area contributed by atoms with Crippen molar-refractivity contribution in [2.75, 3.05) is 43.6 Å². The maximum absolute atomic E-state index is 10.6. The number of aliphatic hydroxyl groups is 1. The van der Waals surface area contributed by atoms with E-state index in [1.54, 1.807) is 6.20 Å². The molecule has 2 N–H and O–H groups in total. The summed E-state index contributed by atoms with van der Waals surface area (Å²) in [5.41, 5.74) is 0.423. The van der Waals surface area contributed by atoms with Crippen LogP contribution < -0.4 is 10.2 Å². The van der Waals surface area contributed by atoms with Crippen molar-refractivity contribution in [2.24, 2.45) is 0 Å². The summed E-state index contributed by atoms with van der Waals surface area (Å²) in [6, 6.07) is 4.00. The molecule has 1 aromatic heterocycles. The van der Waals surface area contributed by atoms with E-state index in [0.717, 1.165) is 24.5 Å². The Bertz CT molecular complexity index is 419. The number of pyridine rings is 1. The van der Waals surface area contributed by atoms with Crippen LogP contribution in [0.1, 0.15) is 26.2 Å². The van der Waals surface area contributed by atoms with Crippen molar-refractivity contribution >= 4 is 11.5 Å². The number of hydrogen-bond donors (Lipinski definition) is 2. The third-order valence-corrected chi connectivity index (χ3v) is 3.70. The van der Waals surface area contributed by atoms with Crippen LogP contribution in [0.4, 0.5) is 11.5 Å². The molecule has 0 aliphatic carbocycles. The summed E-state index contributed by atoms with van der Waals surface area (Å²) in [5.74, 6) is 0.884. The molecule has 1 aliphatic rings. The van der Waals surface area contributed by atoms with Gasteiger partial charge in [-0.25, -0.2) is 4.98 Å². The van der Waals surface area contributed by atoms with E-state index in [-0.39, 0.29) is 0 Å². The fourth-order valence-corrected chi connectivity index (χ4v) is 2.45. The SMILES string of the molecule is CCCNc1cc(N(C)CC2(O)CCOCC2)ccn1. The number of nitrogens with one attached hydrogen (secondary N) is 1. The van der Waals surface area contributed by atoms with E-state index in [1.165, 1.54) is 0 Å². The number of likely N-dealkylation sites (N-methyl/N-ethyl adjacent to an activating group) is 1. The molecule has 1 saturated heterocycles.